The molecule has 2 aromatic rings. The molecule has 0 saturated carbocycles. The topological polar surface area (TPSA) is 49.3 Å². The highest BCUT2D eigenvalue weighted by molar-refractivity contribution is 5.90. The van der Waals surface area contributed by atoms with Gasteiger partial charge in [0.15, 0.2) is 0 Å². The largest absolute Gasteiger partial charge is 0.508 e. The van der Waals surface area contributed by atoms with Gasteiger partial charge in [0.1, 0.15) is 5.75 Å². The van der Waals surface area contributed by atoms with Crippen molar-refractivity contribution in [2.75, 3.05) is 5.32 Å². The van der Waals surface area contributed by atoms with Gasteiger partial charge in [-0.25, -0.2) is 0 Å². The van der Waals surface area contributed by atoms with Gasteiger partial charge in [-0.3, -0.25) is 4.79 Å². The van der Waals surface area contributed by atoms with Crippen LogP contribution in [0.4, 0.5) is 5.69 Å². The smallest absolute Gasteiger partial charge is 0.224 e. The molecule has 3 heteroatoms. The molecule has 3 nitrogen and oxygen atoms in total. The lowest BCUT2D eigenvalue weighted by Gasteiger charge is -2.07. The predicted octanol–water partition coefficient (Wildman–Crippen LogP) is 7.04. The van der Waals surface area contributed by atoms with E-state index in [9.17, 15) is 9.90 Å². The number of carbonyl (C=O) groups is 1. The molecule has 158 valence electrons. The molecular weight excluding hydrogens is 358 g/mol. The first-order chi connectivity index (χ1) is 14.2. The Bertz CT molecular complexity index is 692. The molecular formula is C26H37NO2. The van der Waals surface area contributed by atoms with Crippen molar-refractivity contribution in [1.82, 2.24) is 0 Å². The molecule has 2 rings (SSSR count). The maximum atomic E-state index is 12.1. The summed E-state index contributed by atoms with van der Waals surface area (Å²) in [5, 5.41) is 12.3. The Hall–Kier alpha value is -2.29. The van der Waals surface area contributed by atoms with E-state index >= 15 is 0 Å². The summed E-state index contributed by atoms with van der Waals surface area (Å²) in [6.45, 7) is 2.25. The van der Waals surface area contributed by atoms with E-state index < -0.39 is 0 Å². The molecule has 0 aliphatic carbocycles. The Labute approximate surface area is 176 Å². The van der Waals surface area contributed by atoms with Crippen LogP contribution < -0.4 is 5.32 Å². The molecule has 29 heavy (non-hydrogen) atoms. The molecule has 0 saturated heterocycles. The molecule has 1 amide bonds. The Morgan fingerprint density at radius 3 is 1.86 bits per heavy atom. The van der Waals surface area contributed by atoms with E-state index in [1.807, 2.05) is 24.3 Å². The van der Waals surface area contributed by atoms with Gasteiger partial charge in [-0.1, -0.05) is 69.7 Å². The predicted molar refractivity (Wildman–Crippen MR) is 122 cm³/mol. The lowest BCUT2D eigenvalue weighted by atomic mass is 10.0. The van der Waals surface area contributed by atoms with Gasteiger partial charge in [0.2, 0.25) is 5.91 Å². The molecule has 0 spiro atoms. The second-order valence-corrected chi connectivity index (χ2v) is 7.99. The number of carbonyl (C=O) groups excluding carboxylic acids is 1. The fourth-order valence-electron chi connectivity index (χ4n) is 3.54. The van der Waals surface area contributed by atoms with Gasteiger partial charge in [0.25, 0.3) is 0 Å². The van der Waals surface area contributed by atoms with Crippen molar-refractivity contribution in [1.29, 1.82) is 0 Å². The number of hydrogen-bond donors (Lipinski definition) is 2. The molecule has 0 fully saturated rings. The van der Waals surface area contributed by atoms with Crippen LogP contribution in [0.25, 0.3) is 0 Å². The highest BCUT2D eigenvalue weighted by atomic mass is 16.3. The van der Waals surface area contributed by atoms with E-state index in [0.717, 1.165) is 37.8 Å². The molecule has 2 aromatic carbocycles. The summed E-state index contributed by atoms with van der Waals surface area (Å²) in [7, 11) is 0. The Kier molecular flexibility index (Phi) is 11.0. The number of rotatable bonds is 14. The Morgan fingerprint density at radius 2 is 1.24 bits per heavy atom. The third-order valence-corrected chi connectivity index (χ3v) is 5.36. The van der Waals surface area contributed by atoms with Crippen LogP contribution >= 0.6 is 0 Å². The first-order valence-electron chi connectivity index (χ1n) is 11.3. The summed E-state index contributed by atoms with van der Waals surface area (Å²) in [5.41, 5.74) is 3.48. The normalized spacial score (nSPS) is 10.8. The van der Waals surface area contributed by atoms with E-state index in [0.29, 0.717) is 12.2 Å². The van der Waals surface area contributed by atoms with E-state index in [2.05, 4.69) is 24.4 Å². The summed E-state index contributed by atoms with van der Waals surface area (Å²) >= 11 is 0. The summed E-state index contributed by atoms with van der Waals surface area (Å²) in [6.07, 6.45) is 13.6. The van der Waals surface area contributed by atoms with Crippen LogP contribution in [0.15, 0.2) is 48.5 Å². The summed E-state index contributed by atoms with van der Waals surface area (Å²) in [6, 6.07) is 15.7. The van der Waals surface area contributed by atoms with Gasteiger partial charge in [0, 0.05) is 12.1 Å². The number of aryl methyl sites for hydroxylation is 2. The van der Waals surface area contributed by atoms with Crippen molar-refractivity contribution in [3.05, 3.63) is 59.7 Å². The highest BCUT2D eigenvalue weighted by Gasteiger charge is 2.03. The van der Waals surface area contributed by atoms with Crippen molar-refractivity contribution in [2.24, 2.45) is 0 Å². The minimum atomic E-state index is 0.0957. The lowest BCUT2D eigenvalue weighted by molar-refractivity contribution is -0.116. The maximum absolute atomic E-state index is 12.1. The number of aromatic hydroxyl groups is 1. The number of nitrogens with one attached hydrogen (secondary N) is 1. The van der Waals surface area contributed by atoms with Crippen LogP contribution in [0.2, 0.25) is 0 Å². The van der Waals surface area contributed by atoms with Crippen molar-refractivity contribution >= 4 is 11.6 Å². The average Bonchev–Trinajstić information content (AvgIpc) is 2.73. The number of amides is 1. The zero-order valence-electron chi connectivity index (χ0n) is 18.0. The van der Waals surface area contributed by atoms with Gasteiger partial charge in [-0.15, -0.1) is 0 Å². The second-order valence-electron chi connectivity index (χ2n) is 7.99. The lowest BCUT2D eigenvalue weighted by Crippen LogP contribution is -2.11. The van der Waals surface area contributed by atoms with Crippen LogP contribution in [-0.4, -0.2) is 11.0 Å². The van der Waals surface area contributed by atoms with Gasteiger partial charge in [-0.05, 0) is 67.5 Å². The van der Waals surface area contributed by atoms with Gasteiger partial charge >= 0.3 is 0 Å². The maximum Gasteiger partial charge on any atom is 0.224 e. The first-order valence-corrected chi connectivity index (χ1v) is 11.3. The van der Waals surface area contributed by atoms with Crippen molar-refractivity contribution in [3.63, 3.8) is 0 Å². The summed E-state index contributed by atoms with van der Waals surface area (Å²) < 4.78 is 0. The Balaban J connectivity index is 1.55. The highest BCUT2D eigenvalue weighted by Crippen LogP contribution is 2.15. The SMILES string of the molecule is CCCCCCCCc1ccc(NC(=O)CCCCCc2ccc(O)cc2)cc1. The number of phenols is 1. The summed E-state index contributed by atoms with van der Waals surface area (Å²) in [4.78, 5) is 12.1. The quantitative estimate of drug-likeness (QED) is 0.337. The van der Waals surface area contributed by atoms with Crippen LogP contribution in [0.3, 0.4) is 0 Å². The third-order valence-electron chi connectivity index (χ3n) is 5.36. The monoisotopic (exact) mass is 395 g/mol. The van der Waals surface area contributed by atoms with Crippen LogP contribution in [-0.2, 0) is 17.6 Å². The van der Waals surface area contributed by atoms with Gasteiger partial charge < -0.3 is 10.4 Å². The minimum absolute atomic E-state index is 0.0957. The Morgan fingerprint density at radius 1 is 0.724 bits per heavy atom. The van der Waals surface area contributed by atoms with Gasteiger partial charge in [-0.2, -0.15) is 0 Å². The number of hydrogen-bond acceptors (Lipinski definition) is 2. The van der Waals surface area contributed by atoms with Crippen molar-refractivity contribution < 1.29 is 9.90 Å². The van der Waals surface area contributed by atoms with Crippen LogP contribution in [0.5, 0.6) is 5.75 Å². The number of anilines is 1. The zero-order valence-corrected chi connectivity index (χ0v) is 18.0. The number of benzene rings is 2. The molecule has 2 N–H and O–H groups in total. The van der Waals surface area contributed by atoms with E-state index in [4.69, 9.17) is 0 Å². The molecule has 0 heterocycles. The van der Waals surface area contributed by atoms with Crippen molar-refractivity contribution in [3.8, 4) is 5.75 Å². The molecule has 0 aromatic heterocycles. The molecule has 0 aliphatic rings. The van der Waals surface area contributed by atoms with Crippen LogP contribution in [0, 0.1) is 0 Å². The molecule has 0 bridgehead atoms. The fourth-order valence-corrected chi connectivity index (χ4v) is 3.54. The molecule has 0 aliphatic heterocycles. The van der Waals surface area contributed by atoms with Crippen molar-refractivity contribution in [2.45, 2.75) is 84.0 Å². The first kappa shape index (κ1) is 23.0. The van der Waals surface area contributed by atoms with E-state index in [1.54, 1.807) is 12.1 Å². The zero-order chi connectivity index (χ0) is 20.7. The summed E-state index contributed by atoms with van der Waals surface area (Å²) in [5.74, 6) is 0.402. The molecule has 0 radical (unpaired) electrons. The van der Waals surface area contributed by atoms with Gasteiger partial charge in [0.05, 0.1) is 0 Å². The molecule has 0 unspecified atom stereocenters. The third kappa shape index (κ3) is 10.2. The number of unbranched alkanes of at least 4 members (excludes halogenated alkanes) is 7. The van der Waals surface area contributed by atoms with E-state index in [1.165, 1.54) is 49.7 Å². The molecule has 0 atom stereocenters. The minimum Gasteiger partial charge on any atom is -0.508 e. The second kappa shape index (κ2) is 13.8. The van der Waals surface area contributed by atoms with E-state index in [-0.39, 0.29) is 5.91 Å². The number of phenolic OH excluding ortho intramolecular Hbond substituents is 1. The standard InChI is InChI=1S/C26H37NO2/c1-2-3-4-5-6-8-11-22-14-18-24(19-15-22)27-26(29)13-10-7-9-12-23-16-20-25(28)21-17-23/h14-21,28H,2-13H2,1H3,(H,27,29). The van der Waals surface area contributed by atoms with Crippen LogP contribution in [0.1, 0.15) is 82.3 Å². The fraction of sp³-hybridized carbons (Fsp3) is 0.500. The average molecular weight is 396 g/mol.